The summed E-state index contributed by atoms with van der Waals surface area (Å²) in [5.74, 6) is -0.886. The zero-order valence-corrected chi connectivity index (χ0v) is 8.51. The van der Waals surface area contributed by atoms with E-state index in [9.17, 15) is 9.59 Å². The maximum Gasteiger partial charge on any atom is 0.636 e. The lowest BCUT2D eigenvalue weighted by molar-refractivity contribution is -0.141. The van der Waals surface area contributed by atoms with E-state index in [4.69, 9.17) is 9.31 Å². The third kappa shape index (κ3) is 2.61. The summed E-state index contributed by atoms with van der Waals surface area (Å²) in [5.41, 5.74) is 0.645. The van der Waals surface area contributed by atoms with Crippen LogP contribution in [0.15, 0.2) is 30.3 Å². The normalized spacial score (nSPS) is 17.1. The molecule has 82 valence electrons. The summed E-state index contributed by atoms with van der Waals surface area (Å²) in [6, 6.07) is 8.88. The summed E-state index contributed by atoms with van der Waals surface area (Å²) in [6.45, 7) is 0.0247. The molecule has 0 aliphatic carbocycles. The van der Waals surface area contributed by atoms with Gasteiger partial charge in [0.05, 0.1) is 13.1 Å². The molecule has 1 aliphatic heterocycles. The molecule has 0 atom stereocenters. The predicted octanol–water partition coefficient (Wildman–Crippen LogP) is -0.929. The molecule has 16 heavy (non-hydrogen) atoms. The Hall–Kier alpha value is -1.82. The van der Waals surface area contributed by atoms with Gasteiger partial charge < -0.3 is 9.31 Å². The van der Waals surface area contributed by atoms with Crippen molar-refractivity contribution in [2.24, 2.45) is 0 Å². The lowest BCUT2D eigenvalue weighted by Crippen LogP contribution is -2.47. The second-order valence-electron chi connectivity index (χ2n) is 3.33. The van der Waals surface area contributed by atoms with Gasteiger partial charge in [-0.2, -0.15) is 0 Å². The topological polar surface area (TPSA) is 64.6 Å². The van der Waals surface area contributed by atoms with E-state index in [0.717, 1.165) is 0 Å². The first kappa shape index (κ1) is 10.7. The monoisotopic (exact) mass is 219 g/mol. The van der Waals surface area contributed by atoms with E-state index < -0.39 is 19.1 Å². The molecule has 0 aromatic heterocycles. The highest BCUT2D eigenvalue weighted by molar-refractivity contribution is 6.64. The Morgan fingerprint density at radius 3 is 2.12 bits per heavy atom. The van der Waals surface area contributed by atoms with E-state index in [2.05, 4.69) is 5.32 Å². The van der Waals surface area contributed by atoms with Gasteiger partial charge in [-0.25, -0.2) is 0 Å². The maximum absolute atomic E-state index is 11.3. The highest BCUT2D eigenvalue weighted by Crippen LogP contribution is 1.97. The summed E-state index contributed by atoms with van der Waals surface area (Å²) in [5, 5.41) is 2.61. The molecule has 0 spiro atoms. The largest absolute Gasteiger partial charge is 0.636 e. The van der Waals surface area contributed by atoms with Crippen LogP contribution in [0.5, 0.6) is 0 Å². The molecular weight excluding hydrogens is 209 g/mol. The van der Waals surface area contributed by atoms with Crippen molar-refractivity contribution >= 4 is 24.5 Å². The van der Waals surface area contributed by atoms with E-state index in [-0.39, 0.29) is 13.1 Å². The van der Waals surface area contributed by atoms with E-state index >= 15 is 0 Å². The van der Waals surface area contributed by atoms with Crippen LogP contribution in [0.2, 0.25) is 0 Å². The van der Waals surface area contributed by atoms with Gasteiger partial charge in [-0.3, -0.25) is 14.9 Å². The first-order valence-electron chi connectivity index (χ1n) is 4.90. The average Bonchev–Trinajstić information content (AvgIpc) is 2.27. The van der Waals surface area contributed by atoms with Gasteiger partial charge in [0.25, 0.3) is 0 Å². The van der Waals surface area contributed by atoms with E-state index in [1.165, 1.54) is 0 Å². The number of hydrogen-bond acceptors (Lipinski definition) is 5. The lowest BCUT2D eigenvalue weighted by atomic mass is 9.78. The van der Waals surface area contributed by atoms with Crippen molar-refractivity contribution in [3.05, 3.63) is 30.3 Å². The summed E-state index contributed by atoms with van der Waals surface area (Å²) in [6.07, 6.45) is 0. The maximum atomic E-state index is 11.3. The van der Waals surface area contributed by atoms with Crippen LogP contribution in [0.4, 0.5) is 0 Å². The molecular formula is C10H10BNO4. The van der Waals surface area contributed by atoms with Crippen molar-refractivity contribution in [2.75, 3.05) is 13.1 Å². The van der Waals surface area contributed by atoms with Crippen molar-refractivity contribution in [2.45, 2.75) is 0 Å². The molecule has 0 radical (unpaired) electrons. The molecule has 0 unspecified atom stereocenters. The van der Waals surface area contributed by atoms with Crippen LogP contribution in [0.3, 0.4) is 0 Å². The fourth-order valence-electron chi connectivity index (χ4n) is 1.36. The Labute approximate surface area is 92.9 Å². The standard InChI is InChI=1S/C10H10BNO4/c13-9-6-12-7-10(14)16-11(15-9)8-4-2-1-3-5-8/h1-5,12H,6-7H2. The molecule has 0 bridgehead atoms. The summed E-state index contributed by atoms with van der Waals surface area (Å²) in [4.78, 5) is 22.5. The van der Waals surface area contributed by atoms with Gasteiger partial charge in [-0.05, 0) is 0 Å². The van der Waals surface area contributed by atoms with Crippen molar-refractivity contribution in [3.63, 3.8) is 0 Å². The van der Waals surface area contributed by atoms with Gasteiger partial charge >= 0.3 is 19.1 Å². The van der Waals surface area contributed by atoms with Crippen molar-refractivity contribution in [3.8, 4) is 0 Å². The van der Waals surface area contributed by atoms with Crippen LogP contribution < -0.4 is 10.8 Å². The fraction of sp³-hybridized carbons (Fsp3) is 0.200. The Morgan fingerprint density at radius 1 is 1.00 bits per heavy atom. The molecule has 2 rings (SSSR count). The molecule has 1 aromatic rings. The Bertz CT molecular complexity index is 377. The minimum Gasteiger partial charge on any atom is -0.494 e. The lowest BCUT2D eigenvalue weighted by Gasteiger charge is -2.17. The van der Waals surface area contributed by atoms with E-state index in [0.29, 0.717) is 5.46 Å². The molecule has 1 saturated heterocycles. The third-order valence-corrected chi connectivity index (χ3v) is 2.09. The minimum atomic E-state index is -0.941. The highest BCUT2D eigenvalue weighted by Gasteiger charge is 2.31. The summed E-state index contributed by atoms with van der Waals surface area (Å²) in [7, 11) is -0.941. The van der Waals surface area contributed by atoms with Crippen LogP contribution in [0.25, 0.3) is 0 Å². The summed E-state index contributed by atoms with van der Waals surface area (Å²) >= 11 is 0. The fourth-order valence-corrected chi connectivity index (χ4v) is 1.36. The van der Waals surface area contributed by atoms with Crippen LogP contribution in [0.1, 0.15) is 0 Å². The van der Waals surface area contributed by atoms with Gasteiger partial charge in [0.15, 0.2) is 0 Å². The molecule has 6 heteroatoms. The smallest absolute Gasteiger partial charge is 0.494 e. The molecule has 5 nitrogen and oxygen atoms in total. The number of rotatable bonds is 1. The van der Waals surface area contributed by atoms with E-state index in [1.807, 2.05) is 6.07 Å². The highest BCUT2D eigenvalue weighted by atomic mass is 16.6. The van der Waals surface area contributed by atoms with Crippen LogP contribution >= 0.6 is 0 Å². The number of benzene rings is 1. The Kier molecular flexibility index (Phi) is 3.21. The molecule has 0 saturated carbocycles. The van der Waals surface area contributed by atoms with Crippen molar-refractivity contribution in [1.82, 2.24) is 5.32 Å². The molecule has 1 aromatic carbocycles. The number of nitrogens with one attached hydrogen (secondary N) is 1. The quantitative estimate of drug-likeness (QED) is 0.618. The van der Waals surface area contributed by atoms with Crippen LogP contribution in [-0.4, -0.2) is 32.1 Å². The molecule has 1 aliphatic rings. The SMILES string of the molecule is O=C1CNCC(=O)OB(c2ccccc2)O1. The van der Waals surface area contributed by atoms with E-state index in [1.54, 1.807) is 24.3 Å². The zero-order chi connectivity index (χ0) is 11.4. The predicted molar refractivity (Wildman–Crippen MR) is 56.9 cm³/mol. The van der Waals surface area contributed by atoms with Gasteiger partial charge in [-0.1, -0.05) is 30.3 Å². The Morgan fingerprint density at radius 2 is 1.56 bits per heavy atom. The third-order valence-electron chi connectivity index (χ3n) is 2.09. The summed E-state index contributed by atoms with van der Waals surface area (Å²) < 4.78 is 10.0. The Balaban J connectivity index is 2.16. The van der Waals surface area contributed by atoms with Crippen molar-refractivity contribution < 1.29 is 18.9 Å². The number of hydrogen-bond donors (Lipinski definition) is 1. The second kappa shape index (κ2) is 4.80. The molecule has 0 amide bonds. The molecule has 1 heterocycles. The molecule has 1 N–H and O–H groups in total. The van der Waals surface area contributed by atoms with Crippen LogP contribution in [0, 0.1) is 0 Å². The number of carbonyl (C=O) groups excluding carboxylic acids is 2. The first-order valence-corrected chi connectivity index (χ1v) is 4.90. The van der Waals surface area contributed by atoms with Crippen LogP contribution in [-0.2, 0) is 18.9 Å². The zero-order valence-electron chi connectivity index (χ0n) is 8.51. The average molecular weight is 219 g/mol. The first-order chi connectivity index (χ1) is 7.75. The number of carbonyl (C=O) groups is 2. The van der Waals surface area contributed by atoms with Gasteiger partial charge in [0.1, 0.15) is 0 Å². The minimum absolute atomic E-state index is 0.0123. The van der Waals surface area contributed by atoms with Gasteiger partial charge in [-0.15, -0.1) is 0 Å². The van der Waals surface area contributed by atoms with Crippen molar-refractivity contribution in [1.29, 1.82) is 0 Å². The second-order valence-corrected chi connectivity index (χ2v) is 3.33. The van der Waals surface area contributed by atoms with Gasteiger partial charge in [0.2, 0.25) is 0 Å². The molecule has 1 fully saturated rings. The van der Waals surface area contributed by atoms with Gasteiger partial charge in [0, 0.05) is 5.46 Å².